The lowest BCUT2D eigenvalue weighted by Crippen LogP contribution is -1.78. The number of hydrogen-bond donors (Lipinski definition) is 0. The molecule has 1 aromatic rings. The molecule has 0 radical (unpaired) electrons. The fraction of sp³-hybridized carbons (Fsp3) is 0.111. The van der Waals surface area contributed by atoms with E-state index in [1.54, 1.807) is 18.2 Å². The molecule has 0 fully saturated rings. The molecule has 0 amide bonds. The molecule has 0 aliphatic heterocycles. The molecule has 0 N–H and O–H groups in total. The minimum atomic E-state index is -0.331. The third-order valence-electron chi connectivity index (χ3n) is 1.35. The largest absolute Gasteiger partial charge is 0.207 e. The molecule has 0 unspecified atom stereocenters. The van der Waals surface area contributed by atoms with Crippen molar-refractivity contribution in [2.24, 2.45) is 0 Å². The average molecular weight is 205 g/mol. The smallest absolute Gasteiger partial charge is 0.124 e. The second-order valence-electron chi connectivity index (χ2n) is 2.22. The maximum absolute atomic E-state index is 12.5. The highest BCUT2D eigenvalue weighted by molar-refractivity contribution is 6.32. The summed E-state index contributed by atoms with van der Waals surface area (Å²) in [6, 6.07) is 4.25. The van der Waals surface area contributed by atoms with E-state index in [1.807, 2.05) is 0 Å². The monoisotopic (exact) mass is 204 g/mol. The molecule has 0 bridgehead atoms. The van der Waals surface area contributed by atoms with Gasteiger partial charge in [0.1, 0.15) is 5.82 Å². The number of halogens is 3. The Labute approximate surface area is 80.6 Å². The molecule has 0 saturated carbocycles. The van der Waals surface area contributed by atoms with Crippen LogP contribution in [0.1, 0.15) is 5.56 Å². The van der Waals surface area contributed by atoms with Crippen molar-refractivity contribution >= 4 is 29.3 Å². The first-order chi connectivity index (χ1) is 5.74. The van der Waals surface area contributed by atoms with Gasteiger partial charge in [0.05, 0.1) is 5.02 Å². The fourth-order valence-electron chi connectivity index (χ4n) is 0.808. The summed E-state index contributed by atoms with van der Waals surface area (Å²) in [6.45, 7) is 0. The molecular weight excluding hydrogens is 198 g/mol. The molecule has 0 heterocycles. The van der Waals surface area contributed by atoms with Crippen LogP contribution in [0.2, 0.25) is 5.02 Å². The SMILES string of the molecule is Fc1ccc(C=CCCl)c(Cl)c1. The molecule has 0 aromatic heterocycles. The van der Waals surface area contributed by atoms with Gasteiger partial charge in [-0.2, -0.15) is 0 Å². The summed E-state index contributed by atoms with van der Waals surface area (Å²) in [4.78, 5) is 0. The van der Waals surface area contributed by atoms with Gasteiger partial charge in [0.25, 0.3) is 0 Å². The van der Waals surface area contributed by atoms with Crippen LogP contribution in [0.3, 0.4) is 0 Å². The zero-order valence-corrected chi connectivity index (χ0v) is 7.74. The first-order valence-electron chi connectivity index (χ1n) is 3.41. The summed E-state index contributed by atoms with van der Waals surface area (Å²) in [5.74, 6) is 0.0938. The van der Waals surface area contributed by atoms with Crippen molar-refractivity contribution in [3.63, 3.8) is 0 Å². The summed E-state index contributed by atoms with van der Waals surface area (Å²) in [7, 11) is 0. The predicted octanol–water partition coefficient (Wildman–Crippen LogP) is 3.73. The molecule has 12 heavy (non-hydrogen) atoms. The van der Waals surface area contributed by atoms with Crippen molar-refractivity contribution < 1.29 is 4.39 Å². The Morgan fingerprint density at radius 3 is 2.75 bits per heavy atom. The second kappa shape index (κ2) is 4.48. The lowest BCUT2D eigenvalue weighted by molar-refractivity contribution is 0.628. The maximum atomic E-state index is 12.5. The van der Waals surface area contributed by atoms with Crippen LogP contribution in [-0.4, -0.2) is 5.88 Å². The molecule has 1 aromatic carbocycles. The van der Waals surface area contributed by atoms with E-state index in [2.05, 4.69) is 0 Å². The van der Waals surface area contributed by atoms with Gasteiger partial charge in [-0.3, -0.25) is 0 Å². The van der Waals surface area contributed by atoms with E-state index >= 15 is 0 Å². The van der Waals surface area contributed by atoms with E-state index in [4.69, 9.17) is 23.2 Å². The zero-order chi connectivity index (χ0) is 8.97. The van der Waals surface area contributed by atoms with Gasteiger partial charge in [-0.15, -0.1) is 11.6 Å². The molecule has 0 aliphatic rings. The molecule has 0 atom stereocenters. The van der Waals surface area contributed by atoms with Gasteiger partial charge >= 0.3 is 0 Å². The van der Waals surface area contributed by atoms with Crippen molar-refractivity contribution in [1.29, 1.82) is 0 Å². The van der Waals surface area contributed by atoms with E-state index in [1.165, 1.54) is 12.1 Å². The van der Waals surface area contributed by atoms with Crippen molar-refractivity contribution in [1.82, 2.24) is 0 Å². The lowest BCUT2D eigenvalue weighted by Gasteiger charge is -1.96. The molecule has 0 saturated heterocycles. The normalized spacial score (nSPS) is 10.9. The van der Waals surface area contributed by atoms with Crippen LogP contribution in [0.4, 0.5) is 4.39 Å². The van der Waals surface area contributed by atoms with Gasteiger partial charge in [0, 0.05) is 5.88 Å². The Kier molecular flexibility index (Phi) is 3.57. The Bertz CT molecular complexity index is 295. The molecule has 0 aliphatic carbocycles. The van der Waals surface area contributed by atoms with Gasteiger partial charge in [0.2, 0.25) is 0 Å². The third kappa shape index (κ3) is 2.50. The zero-order valence-electron chi connectivity index (χ0n) is 6.23. The summed E-state index contributed by atoms with van der Waals surface area (Å²) in [6.07, 6.45) is 3.51. The van der Waals surface area contributed by atoms with Crippen molar-refractivity contribution in [3.8, 4) is 0 Å². The highest BCUT2D eigenvalue weighted by Gasteiger charge is 1.96. The lowest BCUT2D eigenvalue weighted by atomic mass is 10.2. The van der Waals surface area contributed by atoms with Gasteiger partial charge in [-0.05, 0) is 17.7 Å². The first kappa shape index (κ1) is 9.56. The van der Waals surface area contributed by atoms with Crippen LogP contribution in [0.25, 0.3) is 6.08 Å². The van der Waals surface area contributed by atoms with E-state index in [0.717, 1.165) is 5.56 Å². The van der Waals surface area contributed by atoms with Crippen LogP contribution < -0.4 is 0 Å². The van der Waals surface area contributed by atoms with Crippen molar-refractivity contribution in [2.45, 2.75) is 0 Å². The number of allylic oxidation sites excluding steroid dienone is 1. The predicted molar refractivity (Wildman–Crippen MR) is 51.2 cm³/mol. The summed E-state index contributed by atoms with van der Waals surface area (Å²) in [5, 5.41) is 0.399. The summed E-state index contributed by atoms with van der Waals surface area (Å²) >= 11 is 11.2. The van der Waals surface area contributed by atoms with E-state index in [0.29, 0.717) is 10.9 Å². The maximum Gasteiger partial charge on any atom is 0.124 e. The minimum Gasteiger partial charge on any atom is -0.207 e. The van der Waals surface area contributed by atoms with Gasteiger partial charge < -0.3 is 0 Å². The summed E-state index contributed by atoms with van der Waals surface area (Å²) in [5.41, 5.74) is 0.777. The van der Waals surface area contributed by atoms with Gasteiger partial charge in [-0.25, -0.2) is 4.39 Å². The van der Waals surface area contributed by atoms with Crippen LogP contribution in [0.15, 0.2) is 24.3 Å². The van der Waals surface area contributed by atoms with Crippen LogP contribution in [0.5, 0.6) is 0 Å². The molecule has 0 spiro atoms. The minimum absolute atomic E-state index is 0.331. The van der Waals surface area contributed by atoms with Gasteiger partial charge in [0.15, 0.2) is 0 Å². The standard InChI is InChI=1S/C9H7Cl2F/c10-5-1-2-7-3-4-8(12)6-9(7)11/h1-4,6H,5H2. The van der Waals surface area contributed by atoms with Crippen molar-refractivity contribution in [3.05, 3.63) is 40.7 Å². The third-order valence-corrected chi connectivity index (χ3v) is 1.85. The van der Waals surface area contributed by atoms with Crippen LogP contribution in [-0.2, 0) is 0 Å². The number of alkyl halides is 1. The Morgan fingerprint density at radius 1 is 1.42 bits per heavy atom. The number of benzene rings is 1. The number of rotatable bonds is 2. The molecular formula is C9H7Cl2F. The molecule has 1 rings (SSSR count). The fourth-order valence-corrected chi connectivity index (χ4v) is 1.13. The molecule has 3 heteroatoms. The van der Waals surface area contributed by atoms with Crippen molar-refractivity contribution in [2.75, 3.05) is 5.88 Å². The second-order valence-corrected chi connectivity index (χ2v) is 2.94. The van der Waals surface area contributed by atoms with Gasteiger partial charge in [-0.1, -0.05) is 29.8 Å². The Morgan fingerprint density at radius 2 is 2.17 bits per heavy atom. The Hall–Kier alpha value is -0.530. The Balaban J connectivity index is 2.94. The highest BCUT2D eigenvalue weighted by Crippen LogP contribution is 2.18. The van der Waals surface area contributed by atoms with E-state index < -0.39 is 0 Å². The topological polar surface area (TPSA) is 0 Å². The highest BCUT2D eigenvalue weighted by atomic mass is 35.5. The molecule has 64 valence electrons. The first-order valence-corrected chi connectivity index (χ1v) is 4.33. The molecule has 0 nitrogen and oxygen atoms in total. The quantitative estimate of drug-likeness (QED) is 0.645. The van der Waals surface area contributed by atoms with Crippen LogP contribution in [0, 0.1) is 5.82 Å². The summed E-state index contributed by atoms with van der Waals surface area (Å²) < 4.78 is 12.5. The average Bonchev–Trinajstić information content (AvgIpc) is 2.03. The van der Waals surface area contributed by atoms with E-state index in [9.17, 15) is 4.39 Å². The van der Waals surface area contributed by atoms with E-state index in [-0.39, 0.29) is 5.82 Å². The number of hydrogen-bond acceptors (Lipinski definition) is 0. The van der Waals surface area contributed by atoms with Crippen LogP contribution >= 0.6 is 23.2 Å².